The summed E-state index contributed by atoms with van der Waals surface area (Å²) in [5.74, 6) is 1.63. The summed E-state index contributed by atoms with van der Waals surface area (Å²) in [6.45, 7) is 2.74. The van der Waals surface area contributed by atoms with E-state index in [4.69, 9.17) is 14.2 Å². The molecular weight excluding hydrogens is 354 g/mol. The number of aryl methyl sites for hydroxylation is 1. The number of methoxy groups -OCH3 is 1. The van der Waals surface area contributed by atoms with Gasteiger partial charge in [0, 0.05) is 25.7 Å². The molecule has 0 amide bonds. The third-order valence-electron chi connectivity index (χ3n) is 5.61. The predicted octanol–water partition coefficient (Wildman–Crippen LogP) is 3.21. The van der Waals surface area contributed by atoms with E-state index in [9.17, 15) is 5.11 Å². The van der Waals surface area contributed by atoms with E-state index in [1.54, 1.807) is 7.11 Å². The Kier molecular flexibility index (Phi) is 6.15. The van der Waals surface area contributed by atoms with Crippen molar-refractivity contribution in [2.45, 2.75) is 37.6 Å². The Balaban J connectivity index is 1.21. The van der Waals surface area contributed by atoms with Crippen LogP contribution in [0.25, 0.3) is 0 Å². The summed E-state index contributed by atoms with van der Waals surface area (Å²) in [7, 11) is 1.66. The van der Waals surface area contributed by atoms with E-state index in [2.05, 4.69) is 29.2 Å². The first-order chi connectivity index (χ1) is 13.7. The van der Waals surface area contributed by atoms with Crippen LogP contribution in [-0.4, -0.2) is 55.6 Å². The van der Waals surface area contributed by atoms with Gasteiger partial charge in [-0.3, -0.25) is 4.90 Å². The van der Waals surface area contributed by atoms with E-state index < -0.39 is 6.10 Å². The van der Waals surface area contributed by atoms with Gasteiger partial charge in [0.1, 0.15) is 17.6 Å². The molecule has 1 aliphatic heterocycles. The van der Waals surface area contributed by atoms with Crippen LogP contribution in [0.4, 0.5) is 0 Å². The number of nitrogens with zero attached hydrogens (tertiary/aromatic N) is 1. The molecule has 5 nitrogen and oxygen atoms in total. The molecule has 1 N–H and O–H groups in total. The highest BCUT2D eigenvalue weighted by molar-refractivity contribution is 5.34. The van der Waals surface area contributed by atoms with Crippen molar-refractivity contribution < 1.29 is 19.3 Å². The molecular formula is C23H29NO4. The van der Waals surface area contributed by atoms with Crippen molar-refractivity contribution in [3.05, 3.63) is 59.7 Å². The second-order valence-corrected chi connectivity index (χ2v) is 7.68. The summed E-state index contributed by atoms with van der Waals surface area (Å²) in [5.41, 5.74) is 2.65. The zero-order valence-corrected chi connectivity index (χ0v) is 16.4. The number of hydrogen-bond donors (Lipinski definition) is 1. The maximum absolute atomic E-state index is 10.4. The van der Waals surface area contributed by atoms with Crippen molar-refractivity contribution in [3.63, 3.8) is 0 Å². The van der Waals surface area contributed by atoms with Crippen LogP contribution in [-0.2, 0) is 11.2 Å². The fourth-order valence-corrected chi connectivity index (χ4v) is 4.20. The highest BCUT2D eigenvalue weighted by atomic mass is 16.5. The number of β-amino-alcohol motifs (C(OH)–C–C–N with tert-alkyl or cyclic N) is 1. The first kappa shape index (κ1) is 19.2. The minimum absolute atomic E-state index is 0.119. The van der Waals surface area contributed by atoms with E-state index in [0.29, 0.717) is 13.2 Å². The minimum Gasteiger partial charge on any atom is -0.497 e. The molecule has 1 aliphatic carbocycles. The number of aliphatic hydroxyl groups excluding tert-OH is 1. The Morgan fingerprint density at radius 3 is 2.86 bits per heavy atom. The van der Waals surface area contributed by atoms with Crippen LogP contribution in [0.15, 0.2) is 48.5 Å². The lowest BCUT2D eigenvalue weighted by Crippen LogP contribution is -2.35. The zero-order valence-electron chi connectivity index (χ0n) is 16.4. The van der Waals surface area contributed by atoms with Gasteiger partial charge in [0.15, 0.2) is 0 Å². The summed E-state index contributed by atoms with van der Waals surface area (Å²) in [6.07, 6.45) is 2.80. The van der Waals surface area contributed by atoms with E-state index >= 15 is 0 Å². The standard InChI is InChI=1S/C23H29NO4/c1-26-19-6-4-7-20(13-19)28-21-11-12-24(15-21)14-18(25)16-27-23-10-9-17-5-2-3-8-22(17)23/h2-8,13,18,21,23,25H,9-12,14-16H2,1H3/t18?,21-,23?/m1/s1. The van der Waals surface area contributed by atoms with E-state index in [1.807, 2.05) is 24.3 Å². The van der Waals surface area contributed by atoms with Gasteiger partial charge in [-0.2, -0.15) is 0 Å². The topological polar surface area (TPSA) is 51.2 Å². The molecule has 28 heavy (non-hydrogen) atoms. The molecule has 150 valence electrons. The summed E-state index contributed by atoms with van der Waals surface area (Å²) >= 11 is 0. The molecule has 0 saturated carbocycles. The molecule has 2 aromatic carbocycles. The van der Waals surface area contributed by atoms with Crippen molar-refractivity contribution in [3.8, 4) is 11.5 Å². The Morgan fingerprint density at radius 2 is 1.96 bits per heavy atom. The highest BCUT2D eigenvalue weighted by Crippen LogP contribution is 2.33. The molecule has 0 radical (unpaired) electrons. The Morgan fingerprint density at radius 1 is 1.11 bits per heavy atom. The number of benzene rings is 2. The third kappa shape index (κ3) is 4.66. The molecule has 0 spiro atoms. The van der Waals surface area contributed by atoms with Crippen molar-refractivity contribution in [1.82, 2.24) is 4.90 Å². The SMILES string of the molecule is COc1cccc(O[C@@H]2CCN(CC(O)COC3CCc4ccccc43)C2)c1. The van der Waals surface area contributed by atoms with Gasteiger partial charge in [0.2, 0.25) is 0 Å². The number of rotatable bonds is 8. The van der Waals surface area contributed by atoms with Crippen molar-refractivity contribution >= 4 is 0 Å². The van der Waals surface area contributed by atoms with Crippen LogP contribution in [0.1, 0.15) is 30.1 Å². The van der Waals surface area contributed by atoms with Gasteiger partial charge in [-0.05, 0) is 42.5 Å². The summed E-state index contributed by atoms with van der Waals surface area (Å²) < 4.78 is 17.3. The predicted molar refractivity (Wildman–Crippen MR) is 108 cm³/mol. The molecule has 1 saturated heterocycles. The Bertz CT molecular complexity index is 781. The van der Waals surface area contributed by atoms with Crippen LogP contribution in [0, 0.1) is 0 Å². The van der Waals surface area contributed by atoms with Crippen LogP contribution in [0.2, 0.25) is 0 Å². The lowest BCUT2D eigenvalue weighted by Gasteiger charge is -2.22. The molecule has 5 heteroatoms. The molecule has 4 rings (SSSR count). The van der Waals surface area contributed by atoms with Gasteiger partial charge in [-0.1, -0.05) is 30.3 Å². The molecule has 0 bridgehead atoms. The molecule has 0 aromatic heterocycles. The average molecular weight is 383 g/mol. The molecule has 2 aromatic rings. The van der Waals surface area contributed by atoms with E-state index in [1.165, 1.54) is 11.1 Å². The van der Waals surface area contributed by atoms with E-state index in [-0.39, 0.29) is 12.2 Å². The number of aliphatic hydroxyl groups is 1. The summed E-state index contributed by atoms with van der Waals surface area (Å²) in [4.78, 5) is 2.25. The minimum atomic E-state index is -0.483. The largest absolute Gasteiger partial charge is 0.497 e. The fourth-order valence-electron chi connectivity index (χ4n) is 4.20. The van der Waals surface area contributed by atoms with Crippen molar-refractivity contribution in [2.75, 3.05) is 33.4 Å². The number of fused-ring (bicyclic) bond motifs is 1. The Hall–Kier alpha value is -2.08. The van der Waals surface area contributed by atoms with Gasteiger partial charge in [0.05, 0.1) is 25.9 Å². The van der Waals surface area contributed by atoms with Crippen LogP contribution < -0.4 is 9.47 Å². The second kappa shape index (κ2) is 8.95. The molecule has 2 unspecified atom stereocenters. The number of hydrogen-bond acceptors (Lipinski definition) is 5. The maximum atomic E-state index is 10.4. The molecule has 2 aliphatic rings. The normalized spacial score (nSPS) is 22.8. The zero-order chi connectivity index (χ0) is 19.3. The molecule has 3 atom stereocenters. The molecule has 1 fully saturated rings. The monoisotopic (exact) mass is 383 g/mol. The quantitative estimate of drug-likeness (QED) is 0.759. The van der Waals surface area contributed by atoms with Crippen LogP contribution >= 0.6 is 0 Å². The average Bonchev–Trinajstić information content (AvgIpc) is 3.33. The number of ether oxygens (including phenoxy) is 3. The van der Waals surface area contributed by atoms with Crippen LogP contribution in [0.3, 0.4) is 0 Å². The van der Waals surface area contributed by atoms with Gasteiger partial charge >= 0.3 is 0 Å². The maximum Gasteiger partial charge on any atom is 0.123 e. The number of likely N-dealkylation sites (tertiary alicyclic amines) is 1. The second-order valence-electron chi connectivity index (χ2n) is 7.68. The van der Waals surface area contributed by atoms with Gasteiger partial charge in [0.25, 0.3) is 0 Å². The fraction of sp³-hybridized carbons (Fsp3) is 0.478. The lowest BCUT2D eigenvalue weighted by molar-refractivity contribution is -0.0200. The lowest BCUT2D eigenvalue weighted by atomic mass is 10.1. The van der Waals surface area contributed by atoms with Gasteiger partial charge in [-0.15, -0.1) is 0 Å². The molecule has 1 heterocycles. The third-order valence-corrected chi connectivity index (χ3v) is 5.61. The van der Waals surface area contributed by atoms with Gasteiger partial charge in [-0.25, -0.2) is 0 Å². The highest BCUT2D eigenvalue weighted by Gasteiger charge is 2.27. The van der Waals surface area contributed by atoms with Gasteiger partial charge < -0.3 is 19.3 Å². The van der Waals surface area contributed by atoms with Crippen molar-refractivity contribution in [2.24, 2.45) is 0 Å². The first-order valence-corrected chi connectivity index (χ1v) is 10.1. The van der Waals surface area contributed by atoms with Crippen LogP contribution in [0.5, 0.6) is 11.5 Å². The van der Waals surface area contributed by atoms with E-state index in [0.717, 1.165) is 43.9 Å². The summed E-state index contributed by atoms with van der Waals surface area (Å²) in [5, 5.41) is 10.4. The Labute approximate surface area is 166 Å². The smallest absolute Gasteiger partial charge is 0.123 e. The van der Waals surface area contributed by atoms with Crippen molar-refractivity contribution in [1.29, 1.82) is 0 Å². The first-order valence-electron chi connectivity index (χ1n) is 10.1. The summed E-state index contributed by atoms with van der Waals surface area (Å²) in [6, 6.07) is 16.1.